The molecule has 2 atom stereocenters. The Balaban J connectivity index is 1.42. The molecule has 4 heterocycles. The molecular formula is C25H33F2N5S. The largest absolute Gasteiger partial charge is 0.356 e. The van der Waals surface area contributed by atoms with Gasteiger partial charge >= 0.3 is 0 Å². The van der Waals surface area contributed by atoms with E-state index in [0.717, 1.165) is 53.7 Å². The average Bonchev–Trinajstić information content (AvgIpc) is 3.34. The van der Waals surface area contributed by atoms with Crippen LogP contribution in [0.5, 0.6) is 0 Å². The molecule has 0 unspecified atom stereocenters. The molecule has 1 aromatic carbocycles. The number of aromatic nitrogens is 3. The van der Waals surface area contributed by atoms with E-state index in [4.69, 9.17) is 0 Å². The zero-order valence-electron chi connectivity index (χ0n) is 19.7. The van der Waals surface area contributed by atoms with E-state index in [1.807, 2.05) is 6.07 Å². The smallest absolute Gasteiger partial charge is 0.140 e. The van der Waals surface area contributed by atoms with Gasteiger partial charge in [-0.25, -0.2) is 4.39 Å². The van der Waals surface area contributed by atoms with Gasteiger partial charge in [0.25, 0.3) is 0 Å². The lowest BCUT2D eigenvalue weighted by Gasteiger charge is -2.41. The van der Waals surface area contributed by atoms with E-state index in [1.54, 1.807) is 25.2 Å². The molecule has 2 aliphatic rings. The van der Waals surface area contributed by atoms with Gasteiger partial charge in [-0.3, -0.25) is 9.29 Å². The minimum atomic E-state index is -1.31. The quantitative estimate of drug-likeness (QED) is 0.504. The van der Waals surface area contributed by atoms with Crippen molar-refractivity contribution in [1.29, 1.82) is 0 Å². The van der Waals surface area contributed by atoms with Crippen molar-refractivity contribution in [2.45, 2.75) is 57.8 Å². The number of rotatable bonds is 8. The summed E-state index contributed by atoms with van der Waals surface area (Å²) in [5.74, 6) is 0.556. The Morgan fingerprint density at radius 2 is 2.00 bits per heavy atom. The SMILES string of the molecule is C[C@@H]1Cc2c([nH]c3ccccc23)[C@@H](c2nnc(CC3CN(CCCF)C3)s2)N1CC(C)(C)F. The summed E-state index contributed by atoms with van der Waals surface area (Å²) < 4.78 is 27.3. The van der Waals surface area contributed by atoms with Crippen molar-refractivity contribution in [3.63, 3.8) is 0 Å². The highest BCUT2D eigenvalue weighted by molar-refractivity contribution is 7.11. The van der Waals surface area contributed by atoms with Crippen LogP contribution in [-0.2, 0) is 12.8 Å². The molecule has 0 radical (unpaired) electrons. The molecule has 0 bridgehead atoms. The molecular weight excluding hydrogens is 440 g/mol. The van der Waals surface area contributed by atoms with Gasteiger partial charge < -0.3 is 9.88 Å². The number of benzene rings is 1. The number of likely N-dealkylation sites (tertiary alicyclic amines) is 1. The molecule has 1 fully saturated rings. The summed E-state index contributed by atoms with van der Waals surface area (Å²) in [6, 6.07) is 8.46. The van der Waals surface area contributed by atoms with Crippen LogP contribution in [0.4, 0.5) is 8.78 Å². The summed E-state index contributed by atoms with van der Waals surface area (Å²) in [7, 11) is 0. The lowest BCUT2D eigenvalue weighted by atomic mass is 9.91. The maximum Gasteiger partial charge on any atom is 0.140 e. The second-order valence-corrected chi connectivity index (χ2v) is 11.4. The fourth-order valence-electron chi connectivity index (χ4n) is 5.43. The topological polar surface area (TPSA) is 48.1 Å². The van der Waals surface area contributed by atoms with Crippen LogP contribution in [0, 0.1) is 5.92 Å². The highest BCUT2D eigenvalue weighted by Gasteiger charge is 2.40. The highest BCUT2D eigenvalue weighted by atomic mass is 32.1. The molecule has 0 amide bonds. The predicted octanol–water partition coefficient (Wildman–Crippen LogP) is 4.94. The van der Waals surface area contributed by atoms with E-state index < -0.39 is 5.67 Å². The summed E-state index contributed by atoms with van der Waals surface area (Å²) in [6.45, 7) is 8.42. The summed E-state index contributed by atoms with van der Waals surface area (Å²) in [5.41, 5.74) is 2.25. The van der Waals surface area contributed by atoms with Gasteiger partial charge in [0, 0.05) is 55.2 Å². The van der Waals surface area contributed by atoms with Crippen molar-refractivity contribution in [2.75, 3.05) is 32.9 Å². The van der Waals surface area contributed by atoms with Crippen molar-refractivity contribution in [2.24, 2.45) is 5.92 Å². The third kappa shape index (κ3) is 4.70. The third-order valence-corrected chi connectivity index (χ3v) is 7.89. The number of hydrogen-bond acceptors (Lipinski definition) is 5. The third-order valence-electron chi connectivity index (χ3n) is 6.90. The molecule has 2 aromatic heterocycles. The first-order valence-electron chi connectivity index (χ1n) is 12.0. The lowest BCUT2D eigenvalue weighted by molar-refractivity contribution is 0.0665. The van der Waals surface area contributed by atoms with Gasteiger partial charge in [0.2, 0.25) is 0 Å². The molecule has 5 nitrogen and oxygen atoms in total. The maximum absolute atomic E-state index is 14.9. The monoisotopic (exact) mass is 473 g/mol. The van der Waals surface area contributed by atoms with Gasteiger partial charge in [-0.15, -0.1) is 10.2 Å². The van der Waals surface area contributed by atoms with Crippen LogP contribution in [0.2, 0.25) is 0 Å². The van der Waals surface area contributed by atoms with Gasteiger partial charge in [0.15, 0.2) is 0 Å². The number of hydrogen-bond donors (Lipinski definition) is 1. The van der Waals surface area contributed by atoms with E-state index in [0.29, 0.717) is 18.9 Å². The molecule has 0 aliphatic carbocycles. The first-order valence-corrected chi connectivity index (χ1v) is 12.8. The minimum absolute atomic E-state index is 0.125. The van der Waals surface area contributed by atoms with Crippen molar-refractivity contribution < 1.29 is 8.78 Å². The Hall–Kier alpha value is -1.90. The van der Waals surface area contributed by atoms with Crippen molar-refractivity contribution in [3.8, 4) is 0 Å². The number of para-hydroxylation sites is 1. The second-order valence-electron chi connectivity index (χ2n) is 10.3. The fraction of sp³-hybridized carbons (Fsp3) is 0.600. The zero-order chi connectivity index (χ0) is 23.2. The Morgan fingerprint density at radius 3 is 2.76 bits per heavy atom. The Kier molecular flexibility index (Phi) is 6.27. The van der Waals surface area contributed by atoms with Gasteiger partial charge in [-0.2, -0.15) is 0 Å². The van der Waals surface area contributed by atoms with Crippen molar-refractivity contribution >= 4 is 22.2 Å². The molecule has 178 valence electrons. The molecule has 1 saturated heterocycles. The van der Waals surface area contributed by atoms with Crippen LogP contribution >= 0.6 is 11.3 Å². The summed E-state index contributed by atoms with van der Waals surface area (Å²) in [6.07, 6.45) is 2.40. The molecule has 33 heavy (non-hydrogen) atoms. The first kappa shape index (κ1) is 22.9. The van der Waals surface area contributed by atoms with Crippen LogP contribution in [0.3, 0.4) is 0 Å². The molecule has 5 rings (SSSR count). The van der Waals surface area contributed by atoms with Gasteiger partial charge in [-0.1, -0.05) is 29.5 Å². The number of H-pyrrole nitrogens is 1. The summed E-state index contributed by atoms with van der Waals surface area (Å²) in [5, 5.41) is 12.4. The molecule has 0 spiro atoms. The molecule has 1 N–H and O–H groups in total. The highest BCUT2D eigenvalue weighted by Crippen LogP contribution is 2.42. The number of fused-ring (bicyclic) bond motifs is 3. The summed E-state index contributed by atoms with van der Waals surface area (Å²) in [4.78, 5) is 8.19. The molecule has 8 heteroatoms. The molecule has 3 aromatic rings. The second kappa shape index (κ2) is 9.04. The standard InChI is InChI=1S/C25H33F2N5S/c1-16-11-19-18-7-4-5-8-20(18)28-22(19)23(32(16)15-25(2,3)27)24-30-29-21(33-24)12-17-13-31(14-17)10-6-9-26/h4-5,7-8,16-17,23,28H,6,9-15H2,1-3H3/t16-,23+/m1/s1. The normalized spacial score (nSPS) is 22.6. The van der Waals surface area contributed by atoms with Crippen molar-refractivity contribution in [3.05, 3.63) is 45.5 Å². The molecule has 0 saturated carbocycles. The predicted molar refractivity (Wildman–Crippen MR) is 129 cm³/mol. The van der Waals surface area contributed by atoms with Gasteiger partial charge in [0.05, 0.1) is 6.67 Å². The fourth-order valence-corrected chi connectivity index (χ4v) is 6.52. The summed E-state index contributed by atoms with van der Waals surface area (Å²) >= 11 is 1.66. The maximum atomic E-state index is 14.9. The van der Waals surface area contributed by atoms with Crippen LogP contribution in [0.1, 0.15) is 54.5 Å². The number of alkyl halides is 2. The number of aromatic amines is 1. The van der Waals surface area contributed by atoms with E-state index in [9.17, 15) is 8.78 Å². The van der Waals surface area contributed by atoms with Crippen LogP contribution < -0.4 is 0 Å². The Morgan fingerprint density at radius 1 is 1.21 bits per heavy atom. The van der Waals surface area contributed by atoms with Crippen LogP contribution in [0.15, 0.2) is 24.3 Å². The first-order chi connectivity index (χ1) is 15.8. The van der Waals surface area contributed by atoms with E-state index in [-0.39, 0.29) is 18.8 Å². The van der Waals surface area contributed by atoms with E-state index >= 15 is 0 Å². The average molecular weight is 474 g/mol. The van der Waals surface area contributed by atoms with E-state index in [1.165, 1.54) is 10.9 Å². The van der Waals surface area contributed by atoms with Crippen LogP contribution in [-0.4, -0.2) is 69.5 Å². The molecule has 2 aliphatic heterocycles. The zero-order valence-corrected chi connectivity index (χ0v) is 20.5. The number of nitrogens with zero attached hydrogens (tertiary/aromatic N) is 4. The Bertz CT molecular complexity index is 1100. The van der Waals surface area contributed by atoms with Crippen LogP contribution in [0.25, 0.3) is 10.9 Å². The number of halogens is 2. The minimum Gasteiger partial charge on any atom is -0.356 e. The van der Waals surface area contributed by atoms with Gasteiger partial charge in [0.1, 0.15) is 21.7 Å². The van der Waals surface area contributed by atoms with E-state index in [2.05, 4.69) is 50.1 Å². The lowest BCUT2D eigenvalue weighted by Crippen LogP contribution is -2.48. The van der Waals surface area contributed by atoms with Gasteiger partial charge in [-0.05, 0) is 51.2 Å². The Labute approximate surface area is 198 Å². The number of nitrogens with one attached hydrogen (secondary N) is 1. The van der Waals surface area contributed by atoms with Crippen molar-refractivity contribution in [1.82, 2.24) is 25.0 Å².